The van der Waals surface area contributed by atoms with Crippen molar-refractivity contribution in [1.29, 1.82) is 0 Å². The summed E-state index contributed by atoms with van der Waals surface area (Å²) in [7, 11) is 0. The number of nitrogens with zero attached hydrogens (tertiary/aromatic N) is 1. The summed E-state index contributed by atoms with van der Waals surface area (Å²) >= 11 is 0. The number of rotatable bonds is 0. The van der Waals surface area contributed by atoms with Gasteiger partial charge in [0.2, 0.25) is 5.91 Å². The molecule has 0 aliphatic carbocycles. The number of carbonyl (C=O) groups is 1. The molecule has 0 spiro atoms. The zero-order valence-corrected chi connectivity index (χ0v) is 6.50. The second-order valence-corrected chi connectivity index (χ2v) is 2.73. The Hall–Kier alpha value is -0.790. The van der Waals surface area contributed by atoms with Crippen molar-refractivity contribution in [3.05, 3.63) is 12.2 Å². The van der Waals surface area contributed by atoms with E-state index >= 15 is 0 Å². The number of carbonyl (C=O) groups excluding carboxylic acids is 1. The second kappa shape index (κ2) is 2.86. The van der Waals surface area contributed by atoms with Crippen LogP contribution in [0.3, 0.4) is 0 Å². The Morgan fingerprint density at radius 3 is 2.70 bits per heavy atom. The molecule has 0 bridgehead atoms. The van der Waals surface area contributed by atoms with Crippen LogP contribution in [-0.2, 0) is 4.79 Å². The molecule has 56 valence electrons. The zero-order chi connectivity index (χ0) is 7.56. The molecule has 0 saturated heterocycles. The Balaban J connectivity index is 2.59. The fourth-order valence-corrected chi connectivity index (χ4v) is 1.23. The molecule has 2 nitrogen and oxygen atoms in total. The van der Waals surface area contributed by atoms with Crippen molar-refractivity contribution in [3.8, 4) is 0 Å². The van der Waals surface area contributed by atoms with Crippen LogP contribution >= 0.6 is 0 Å². The molecule has 1 atom stereocenters. The summed E-state index contributed by atoms with van der Waals surface area (Å²) in [6.07, 6.45) is 5.17. The molecule has 0 aromatic heterocycles. The van der Waals surface area contributed by atoms with Crippen molar-refractivity contribution in [2.45, 2.75) is 26.3 Å². The van der Waals surface area contributed by atoms with E-state index in [0.29, 0.717) is 6.04 Å². The Bertz CT molecular complexity index is 163. The van der Waals surface area contributed by atoms with Gasteiger partial charge in [-0.1, -0.05) is 12.2 Å². The quantitative estimate of drug-likeness (QED) is 0.461. The summed E-state index contributed by atoms with van der Waals surface area (Å²) in [5.41, 5.74) is 0. The molecule has 0 radical (unpaired) electrons. The smallest absolute Gasteiger partial charge is 0.219 e. The third-order valence-electron chi connectivity index (χ3n) is 1.88. The van der Waals surface area contributed by atoms with Gasteiger partial charge in [0.1, 0.15) is 0 Å². The van der Waals surface area contributed by atoms with Gasteiger partial charge in [0, 0.05) is 19.5 Å². The van der Waals surface area contributed by atoms with Crippen LogP contribution in [0, 0.1) is 0 Å². The van der Waals surface area contributed by atoms with E-state index < -0.39 is 0 Å². The highest BCUT2D eigenvalue weighted by molar-refractivity contribution is 5.73. The van der Waals surface area contributed by atoms with Gasteiger partial charge in [-0.2, -0.15) is 0 Å². The highest BCUT2D eigenvalue weighted by atomic mass is 16.2. The lowest BCUT2D eigenvalue weighted by atomic mass is 10.1. The van der Waals surface area contributed by atoms with Gasteiger partial charge in [-0.25, -0.2) is 0 Å². The Labute approximate surface area is 61.5 Å². The van der Waals surface area contributed by atoms with Crippen LogP contribution < -0.4 is 0 Å². The van der Waals surface area contributed by atoms with Gasteiger partial charge in [0.15, 0.2) is 0 Å². The largest absolute Gasteiger partial charge is 0.336 e. The normalized spacial score (nSPS) is 25.0. The molecule has 10 heavy (non-hydrogen) atoms. The number of hydrogen-bond acceptors (Lipinski definition) is 1. The minimum Gasteiger partial charge on any atom is -0.336 e. The van der Waals surface area contributed by atoms with Gasteiger partial charge in [-0.05, 0) is 13.3 Å². The van der Waals surface area contributed by atoms with Gasteiger partial charge in [0.25, 0.3) is 0 Å². The molecular formula is C8H13NO. The van der Waals surface area contributed by atoms with Crippen LogP contribution in [-0.4, -0.2) is 23.4 Å². The third-order valence-corrected chi connectivity index (χ3v) is 1.88. The molecule has 1 rings (SSSR count). The maximum atomic E-state index is 10.9. The molecule has 0 N–H and O–H groups in total. The monoisotopic (exact) mass is 139 g/mol. The highest BCUT2D eigenvalue weighted by Crippen LogP contribution is 2.09. The first kappa shape index (κ1) is 7.32. The molecular weight excluding hydrogens is 126 g/mol. The SMILES string of the molecule is CC(=O)N1CC=CC[C@H]1C. The first-order chi connectivity index (χ1) is 4.72. The topological polar surface area (TPSA) is 20.3 Å². The molecule has 1 aliphatic rings. The molecule has 1 amide bonds. The molecule has 2 heteroatoms. The Morgan fingerprint density at radius 2 is 2.30 bits per heavy atom. The minimum absolute atomic E-state index is 0.178. The Kier molecular flexibility index (Phi) is 2.10. The van der Waals surface area contributed by atoms with E-state index in [-0.39, 0.29) is 5.91 Å². The lowest BCUT2D eigenvalue weighted by Crippen LogP contribution is -2.38. The van der Waals surface area contributed by atoms with Crippen LogP contribution in [0.1, 0.15) is 20.3 Å². The fraction of sp³-hybridized carbons (Fsp3) is 0.625. The van der Waals surface area contributed by atoms with Gasteiger partial charge in [0.05, 0.1) is 0 Å². The van der Waals surface area contributed by atoms with E-state index in [4.69, 9.17) is 0 Å². The molecule has 0 unspecified atom stereocenters. The second-order valence-electron chi connectivity index (χ2n) is 2.73. The summed E-state index contributed by atoms with van der Waals surface area (Å²) in [6, 6.07) is 0.391. The first-order valence-corrected chi connectivity index (χ1v) is 3.64. The fourth-order valence-electron chi connectivity index (χ4n) is 1.23. The molecule has 0 aromatic carbocycles. The third kappa shape index (κ3) is 1.38. The molecule has 0 fully saturated rings. The minimum atomic E-state index is 0.178. The molecule has 1 heterocycles. The molecule has 0 aromatic rings. The predicted octanol–water partition coefficient (Wildman–Crippen LogP) is 1.18. The summed E-state index contributed by atoms with van der Waals surface area (Å²) in [5, 5.41) is 0. The average molecular weight is 139 g/mol. The van der Waals surface area contributed by atoms with E-state index in [0.717, 1.165) is 13.0 Å². The zero-order valence-electron chi connectivity index (χ0n) is 6.50. The maximum Gasteiger partial charge on any atom is 0.219 e. The van der Waals surface area contributed by atoms with Crippen molar-refractivity contribution in [2.75, 3.05) is 6.54 Å². The van der Waals surface area contributed by atoms with Gasteiger partial charge in [-0.3, -0.25) is 4.79 Å². The van der Waals surface area contributed by atoms with Crippen LogP contribution in [0.2, 0.25) is 0 Å². The Morgan fingerprint density at radius 1 is 1.60 bits per heavy atom. The maximum absolute atomic E-state index is 10.9. The van der Waals surface area contributed by atoms with E-state index in [1.54, 1.807) is 6.92 Å². The van der Waals surface area contributed by atoms with E-state index in [9.17, 15) is 4.79 Å². The lowest BCUT2D eigenvalue weighted by Gasteiger charge is -2.28. The van der Waals surface area contributed by atoms with Gasteiger partial charge in [-0.15, -0.1) is 0 Å². The van der Waals surface area contributed by atoms with Gasteiger partial charge >= 0.3 is 0 Å². The number of amides is 1. The van der Waals surface area contributed by atoms with Crippen molar-refractivity contribution >= 4 is 5.91 Å². The lowest BCUT2D eigenvalue weighted by molar-refractivity contribution is -0.130. The van der Waals surface area contributed by atoms with E-state index in [1.807, 2.05) is 11.0 Å². The van der Waals surface area contributed by atoms with Crippen LogP contribution in [0.15, 0.2) is 12.2 Å². The van der Waals surface area contributed by atoms with Gasteiger partial charge < -0.3 is 4.90 Å². The molecule has 1 aliphatic heterocycles. The summed E-state index contributed by atoms with van der Waals surface area (Å²) in [5.74, 6) is 0.178. The predicted molar refractivity (Wildman–Crippen MR) is 40.6 cm³/mol. The highest BCUT2D eigenvalue weighted by Gasteiger charge is 2.16. The standard InChI is InChI=1S/C8H13NO/c1-7-5-3-4-6-9(7)8(2)10/h3-4,7H,5-6H2,1-2H3/t7-/m1/s1. The van der Waals surface area contributed by atoms with Crippen LogP contribution in [0.4, 0.5) is 0 Å². The number of hydrogen-bond donors (Lipinski definition) is 0. The first-order valence-electron chi connectivity index (χ1n) is 3.64. The van der Waals surface area contributed by atoms with Crippen molar-refractivity contribution in [2.24, 2.45) is 0 Å². The summed E-state index contributed by atoms with van der Waals surface area (Å²) < 4.78 is 0. The van der Waals surface area contributed by atoms with E-state index in [1.165, 1.54) is 0 Å². The molecule has 0 saturated carbocycles. The van der Waals surface area contributed by atoms with Crippen LogP contribution in [0.25, 0.3) is 0 Å². The average Bonchev–Trinajstić information content (AvgIpc) is 1.88. The summed E-state index contributed by atoms with van der Waals surface area (Å²) in [4.78, 5) is 12.8. The van der Waals surface area contributed by atoms with Crippen molar-refractivity contribution in [3.63, 3.8) is 0 Å². The van der Waals surface area contributed by atoms with Crippen molar-refractivity contribution in [1.82, 2.24) is 4.90 Å². The van der Waals surface area contributed by atoms with Crippen molar-refractivity contribution < 1.29 is 4.79 Å². The summed E-state index contributed by atoms with van der Waals surface area (Å²) in [6.45, 7) is 4.48. The van der Waals surface area contributed by atoms with E-state index in [2.05, 4.69) is 13.0 Å². The van der Waals surface area contributed by atoms with Crippen LogP contribution in [0.5, 0.6) is 0 Å².